The minimum Gasteiger partial charge on any atom is -0.350 e. The molecular formula is C26H30F2N4O4S. The van der Waals surface area contributed by atoms with Crippen molar-refractivity contribution in [2.24, 2.45) is 5.92 Å². The Hall–Kier alpha value is -3.08. The Balaban J connectivity index is 1.29. The van der Waals surface area contributed by atoms with Crippen LogP contribution >= 0.6 is 0 Å². The minimum absolute atomic E-state index is 0.0255. The van der Waals surface area contributed by atoms with E-state index in [-0.39, 0.29) is 61.2 Å². The molecule has 5 rings (SSSR count). The van der Waals surface area contributed by atoms with Crippen LogP contribution in [0.15, 0.2) is 42.3 Å². The van der Waals surface area contributed by atoms with Gasteiger partial charge in [0.05, 0.1) is 17.1 Å². The number of carbonyl (C=O) groups excluding carboxylic acids is 2. The zero-order valence-electron chi connectivity index (χ0n) is 20.6. The van der Waals surface area contributed by atoms with Crippen molar-refractivity contribution >= 4 is 38.4 Å². The summed E-state index contributed by atoms with van der Waals surface area (Å²) in [5, 5.41) is 3.75. The van der Waals surface area contributed by atoms with Crippen LogP contribution in [0.25, 0.3) is 16.7 Å². The Morgan fingerprint density at radius 1 is 1.14 bits per heavy atom. The summed E-state index contributed by atoms with van der Waals surface area (Å²) in [6, 6.07) is 3.46. The number of aromatic nitrogens is 2. The number of likely N-dealkylation sites (tertiary alicyclic amines) is 1. The molecular weight excluding hydrogens is 502 g/mol. The first-order valence-electron chi connectivity index (χ1n) is 12.6. The third-order valence-corrected chi connectivity index (χ3v) is 9.23. The van der Waals surface area contributed by atoms with E-state index in [1.54, 1.807) is 12.1 Å². The number of carbonyl (C=O) groups is 2. The molecule has 1 unspecified atom stereocenters. The summed E-state index contributed by atoms with van der Waals surface area (Å²) < 4.78 is 52.1. The standard InChI is InChI=1S/C26H30F2N4O4S/c1-17-14-21(2-3-22(17)24(33)30-20-5-12-37(35,36)13-6-20)32-9-4-18-15-19(16-29-23(18)32)25(34)31-10-7-26(27,28)8-11-31/h2-4,9,15-17,20H,5-8,10-14H2,1H3,(H,30,33). The average molecular weight is 533 g/mol. The molecule has 3 aliphatic rings. The lowest BCUT2D eigenvalue weighted by Crippen LogP contribution is -2.42. The van der Waals surface area contributed by atoms with E-state index in [2.05, 4.69) is 10.3 Å². The number of hydrogen-bond donors (Lipinski definition) is 1. The van der Waals surface area contributed by atoms with Crippen LogP contribution in [-0.4, -0.2) is 71.2 Å². The van der Waals surface area contributed by atoms with Crippen molar-refractivity contribution in [2.75, 3.05) is 24.6 Å². The maximum atomic E-state index is 13.5. The Morgan fingerprint density at radius 2 is 1.84 bits per heavy atom. The van der Waals surface area contributed by atoms with E-state index < -0.39 is 15.8 Å². The number of rotatable bonds is 4. The predicted molar refractivity (Wildman–Crippen MR) is 136 cm³/mol. The molecule has 1 atom stereocenters. The second-order valence-electron chi connectivity index (χ2n) is 10.3. The molecule has 0 saturated carbocycles. The van der Waals surface area contributed by atoms with Gasteiger partial charge in [-0.3, -0.25) is 9.59 Å². The molecule has 2 aromatic rings. The van der Waals surface area contributed by atoms with Crippen LogP contribution in [0, 0.1) is 5.92 Å². The summed E-state index contributed by atoms with van der Waals surface area (Å²) in [7, 11) is -2.99. The van der Waals surface area contributed by atoms with Crippen LogP contribution in [0.2, 0.25) is 0 Å². The summed E-state index contributed by atoms with van der Waals surface area (Å²) in [5.74, 6) is -3.02. The number of amides is 2. The Bertz CT molecular complexity index is 1390. The molecule has 1 N–H and O–H groups in total. The monoisotopic (exact) mass is 532 g/mol. The molecule has 2 fully saturated rings. The van der Waals surface area contributed by atoms with Gasteiger partial charge in [0.25, 0.3) is 11.8 Å². The van der Waals surface area contributed by atoms with Gasteiger partial charge in [-0.05, 0) is 43.4 Å². The number of nitrogens with one attached hydrogen (secondary N) is 1. The third-order valence-electron chi connectivity index (χ3n) is 7.52. The number of allylic oxidation sites excluding steroid dienone is 3. The lowest BCUT2D eigenvalue weighted by molar-refractivity contribution is -0.118. The van der Waals surface area contributed by atoms with Gasteiger partial charge in [0.2, 0.25) is 5.91 Å². The van der Waals surface area contributed by atoms with E-state index in [1.807, 2.05) is 29.8 Å². The number of alkyl halides is 2. The fourth-order valence-electron chi connectivity index (χ4n) is 5.22. The highest BCUT2D eigenvalue weighted by Gasteiger charge is 2.36. The van der Waals surface area contributed by atoms with Gasteiger partial charge in [-0.2, -0.15) is 0 Å². The van der Waals surface area contributed by atoms with Gasteiger partial charge < -0.3 is 14.8 Å². The lowest BCUT2D eigenvalue weighted by Gasteiger charge is -2.31. The zero-order chi connectivity index (χ0) is 26.4. The van der Waals surface area contributed by atoms with Crippen molar-refractivity contribution in [1.29, 1.82) is 0 Å². The number of sulfone groups is 1. The van der Waals surface area contributed by atoms with Crippen LogP contribution < -0.4 is 5.32 Å². The molecule has 4 heterocycles. The van der Waals surface area contributed by atoms with Crippen LogP contribution in [0.3, 0.4) is 0 Å². The summed E-state index contributed by atoms with van der Waals surface area (Å²) in [6.07, 6.45) is 7.86. The van der Waals surface area contributed by atoms with Gasteiger partial charge >= 0.3 is 0 Å². The van der Waals surface area contributed by atoms with Gasteiger partial charge in [-0.1, -0.05) is 13.0 Å². The van der Waals surface area contributed by atoms with E-state index in [1.165, 1.54) is 11.1 Å². The quantitative estimate of drug-likeness (QED) is 0.651. The van der Waals surface area contributed by atoms with Gasteiger partial charge in [-0.15, -0.1) is 0 Å². The molecule has 2 aromatic heterocycles. The van der Waals surface area contributed by atoms with Crippen LogP contribution in [0.5, 0.6) is 0 Å². The number of halogens is 2. The maximum absolute atomic E-state index is 13.5. The molecule has 37 heavy (non-hydrogen) atoms. The predicted octanol–water partition coefficient (Wildman–Crippen LogP) is 3.41. The fraction of sp³-hybridized carbons (Fsp3) is 0.500. The average Bonchev–Trinajstić information content (AvgIpc) is 3.28. The van der Waals surface area contributed by atoms with Crippen molar-refractivity contribution in [3.8, 4) is 0 Å². The molecule has 8 nitrogen and oxygen atoms in total. The first-order chi connectivity index (χ1) is 17.5. The molecule has 1 aliphatic carbocycles. The summed E-state index contributed by atoms with van der Waals surface area (Å²) >= 11 is 0. The van der Waals surface area contributed by atoms with E-state index in [4.69, 9.17) is 0 Å². The highest BCUT2D eigenvalue weighted by Crippen LogP contribution is 2.32. The van der Waals surface area contributed by atoms with Gasteiger partial charge in [0.1, 0.15) is 15.5 Å². The summed E-state index contributed by atoms with van der Waals surface area (Å²) in [4.78, 5) is 31.6. The Labute approximate surface area is 214 Å². The molecule has 0 radical (unpaired) electrons. The highest BCUT2D eigenvalue weighted by atomic mass is 32.2. The first kappa shape index (κ1) is 25.6. The van der Waals surface area contributed by atoms with E-state index in [0.29, 0.717) is 36.0 Å². The molecule has 0 spiro atoms. The van der Waals surface area contributed by atoms with Crippen molar-refractivity contribution in [3.63, 3.8) is 0 Å². The van der Waals surface area contributed by atoms with Gasteiger partial charge in [0, 0.05) is 61.0 Å². The number of piperidine rings is 1. The number of nitrogens with zero attached hydrogens (tertiary/aromatic N) is 3. The van der Waals surface area contributed by atoms with Crippen molar-refractivity contribution in [1.82, 2.24) is 19.8 Å². The van der Waals surface area contributed by atoms with Crippen LogP contribution in [-0.2, 0) is 14.6 Å². The highest BCUT2D eigenvalue weighted by molar-refractivity contribution is 7.91. The second kappa shape index (κ2) is 9.66. The molecule has 0 bridgehead atoms. The number of fused-ring (bicyclic) bond motifs is 1. The van der Waals surface area contributed by atoms with Crippen LogP contribution in [0.1, 0.15) is 49.4 Å². The second-order valence-corrected chi connectivity index (χ2v) is 12.6. The van der Waals surface area contributed by atoms with E-state index in [0.717, 1.165) is 11.1 Å². The first-order valence-corrected chi connectivity index (χ1v) is 14.4. The normalized spacial score (nSPS) is 23.9. The van der Waals surface area contributed by atoms with Crippen molar-refractivity contribution < 1.29 is 26.8 Å². The minimum atomic E-state index is -2.99. The van der Waals surface area contributed by atoms with Crippen molar-refractivity contribution in [3.05, 3.63) is 47.8 Å². The Morgan fingerprint density at radius 3 is 2.51 bits per heavy atom. The SMILES string of the molecule is CC1CC(n2ccc3cc(C(=O)N4CCC(F)(F)CC4)cnc32)=CC=C1C(=O)NC1CCS(=O)(=O)CC1. The van der Waals surface area contributed by atoms with Crippen LogP contribution in [0.4, 0.5) is 8.78 Å². The number of hydrogen-bond acceptors (Lipinski definition) is 5. The lowest BCUT2D eigenvalue weighted by atomic mass is 9.90. The Kier molecular flexibility index (Phi) is 6.68. The summed E-state index contributed by atoms with van der Waals surface area (Å²) in [5.41, 5.74) is 2.65. The third kappa shape index (κ3) is 5.46. The number of pyridine rings is 1. The van der Waals surface area contributed by atoms with E-state index >= 15 is 0 Å². The van der Waals surface area contributed by atoms with Gasteiger partial charge in [0.15, 0.2) is 0 Å². The largest absolute Gasteiger partial charge is 0.350 e. The molecule has 11 heteroatoms. The smallest absolute Gasteiger partial charge is 0.255 e. The maximum Gasteiger partial charge on any atom is 0.255 e. The molecule has 2 saturated heterocycles. The van der Waals surface area contributed by atoms with E-state index in [9.17, 15) is 26.8 Å². The summed E-state index contributed by atoms with van der Waals surface area (Å²) in [6.45, 7) is 2.03. The van der Waals surface area contributed by atoms with Crippen molar-refractivity contribution in [2.45, 2.75) is 51.0 Å². The fourth-order valence-corrected chi connectivity index (χ4v) is 6.71. The molecule has 0 aromatic carbocycles. The molecule has 198 valence electrons. The molecule has 2 amide bonds. The topological polar surface area (TPSA) is 101 Å². The van der Waals surface area contributed by atoms with Gasteiger partial charge in [-0.25, -0.2) is 22.2 Å². The zero-order valence-corrected chi connectivity index (χ0v) is 21.4. The molecule has 2 aliphatic heterocycles.